The van der Waals surface area contributed by atoms with Gasteiger partial charge in [0.05, 0.1) is 0 Å². The van der Waals surface area contributed by atoms with Crippen molar-refractivity contribution in [1.29, 1.82) is 0 Å². The third-order valence-corrected chi connectivity index (χ3v) is 4.56. The lowest BCUT2D eigenvalue weighted by Gasteiger charge is -2.25. The van der Waals surface area contributed by atoms with Crippen LogP contribution in [0, 0.1) is 0 Å². The number of fused-ring (bicyclic) bond motifs is 1. The first-order chi connectivity index (χ1) is 9.75. The third-order valence-electron chi connectivity index (χ3n) is 4.56. The van der Waals surface area contributed by atoms with Gasteiger partial charge >= 0.3 is 0 Å². The molecule has 20 heavy (non-hydrogen) atoms. The van der Waals surface area contributed by atoms with E-state index in [1.165, 1.54) is 36.1 Å². The van der Waals surface area contributed by atoms with Gasteiger partial charge in [0.15, 0.2) is 0 Å². The van der Waals surface area contributed by atoms with Crippen LogP contribution in [0.25, 0.3) is 0 Å². The van der Waals surface area contributed by atoms with Gasteiger partial charge in [-0.15, -0.1) is 0 Å². The maximum Gasteiger partial charge on any atom is 0.244 e. The summed E-state index contributed by atoms with van der Waals surface area (Å²) in [4.78, 5) is 14.4. The molecule has 108 valence electrons. The zero-order valence-corrected chi connectivity index (χ0v) is 12.3. The largest absolute Gasteiger partial charge is 0.374 e. The number of hydrogen-bond acceptors (Lipinski definition) is 2. The number of rotatable bonds is 3. The normalized spacial score (nSPS) is 19.6. The molecule has 3 nitrogen and oxygen atoms in total. The lowest BCUT2D eigenvalue weighted by molar-refractivity contribution is -0.130. The number of nitrogens with one attached hydrogen (secondary N) is 1. The second-order valence-corrected chi connectivity index (χ2v) is 6.05. The van der Waals surface area contributed by atoms with E-state index < -0.39 is 0 Å². The van der Waals surface area contributed by atoms with Crippen LogP contribution in [0.3, 0.4) is 0 Å². The highest BCUT2D eigenvalue weighted by molar-refractivity contribution is 5.84. The molecule has 0 saturated carbocycles. The van der Waals surface area contributed by atoms with Crippen LogP contribution in [0.4, 0.5) is 5.69 Å². The Kier molecular flexibility index (Phi) is 3.95. The number of carbonyl (C=O) groups is 1. The van der Waals surface area contributed by atoms with Crippen molar-refractivity contribution >= 4 is 11.6 Å². The van der Waals surface area contributed by atoms with E-state index >= 15 is 0 Å². The number of benzene rings is 1. The lowest BCUT2D eigenvalue weighted by Crippen LogP contribution is -2.39. The molecule has 1 heterocycles. The minimum Gasteiger partial charge on any atom is -0.374 e. The van der Waals surface area contributed by atoms with Crippen LogP contribution in [0.15, 0.2) is 18.2 Å². The first-order valence-electron chi connectivity index (χ1n) is 7.92. The highest BCUT2D eigenvalue weighted by Gasteiger charge is 2.24. The van der Waals surface area contributed by atoms with Gasteiger partial charge in [0.2, 0.25) is 5.91 Å². The Morgan fingerprint density at radius 1 is 1.15 bits per heavy atom. The van der Waals surface area contributed by atoms with Crippen molar-refractivity contribution in [1.82, 2.24) is 4.90 Å². The molecule has 1 saturated heterocycles. The van der Waals surface area contributed by atoms with Crippen molar-refractivity contribution in [2.24, 2.45) is 0 Å². The van der Waals surface area contributed by atoms with Gasteiger partial charge in [0.1, 0.15) is 6.04 Å². The van der Waals surface area contributed by atoms with Gasteiger partial charge in [-0.1, -0.05) is 12.1 Å². The fraction of sp³-hybridized carbons (Fsp3) is 0.588. The van der Waals surface area contributed by atoms with Gasteiger partial charge in [-0.2, -0.15) is 0 Å². The number of nitrogens with zero attached hydrogens (tertiary/aromatic N) is 1. The molecule has 1 aliphatic carbocycles. The van der Waals surface area contributed by atoms with Crippen LogP contribution >= 0.6 is 0 Å². The number of anilines is 1. The Morgan fingerprint density at radius 3 is 2.70 bits per heavy atom. The van der Waals surface area contributed by atoms with Gasteiger partial charge in [-0.25, -0.2) is 0 Å². The molecule has 0 spiro atoms. The first-order valence-corrected chi connectivity index (χ1v) is 7.92. The summed E-state index contributed by atoms with van der Waals surface area (Å²) in [6.07, 6.45) is 7.18. The van der Waals surface area contributed by atoms with E-state index in [-0.39, 0.29) is 11.9 Å². The summed E-state index contributed by atoms with van der Waals surface area (Å²) in [7, 11) is 0. The quantitative estimate of drug-likeness (QED) is 0.917. The molecular weight excluding hydrogens is 248 g/mol. The second kappa shape index (κ2) is 5.86. The average molecular weight is 272 g/mol. The molecule has 0 radical (unpaired) electrons. The monoisotopic (exact) mass is 272 g/mol. The molecule has 2 aliphatic rings. The summed E-state index contributed by atoms with van der Waals surface area (Å²) in [5.74, 6) is 0.246. The highest BCUT2D eigenvalue weighted by Crippen LogP contribution is 2.28. The van der Waals surface area contributed by atoms with Gasteiger partial charge in [0, 0.05) is 18.8 Å². The van der Waals surface area contributed by atoms with E-state index in [0.29, 0.717) is 0 Å². The molecule has 3 heteroatoms. The van der Waals surface area contributed by atoms with Crippen LogP contribution in [0.5, 0.6) is 0 Å². The van der Waals surface area contributed by atoms with Crippen molar-refractivity contribution in [2.75, 3.05) is 18.4 Å². The molecule has 1 atom stereocenters. The predicted octanol–water partition coefficient (Wildman–Crippen LogP) is 2.99. The third kappa shape index (κ3) is 2.67. The van der Waals surface area contributed by atoms with Crippen LogP contribution < -0.4 is 5.32 Å². The minimum absolute atomic E-state index is 0.124. The summed E-state index contributed by atoms with van der Waals surface area (Å²) < 4.78 is 0. The average Bonchev–Trinajstić information content (AvgIpc) is 3.01. The highest BCUT2D eigenvalue weighted by atomic mass is 16.2. The van der Waals surface area contributed by atoms with Crippen LogP contribution in [0.2, 0.25) is 0 Å². The zero-order valence-electron chi connectivity index (χ0n) is 12.3. The standard InChI is InChI=1S/C17H24N2O/c1-13(17(20)19-11-4-5-12-19)18-16-10-6-8-14-7-2-3-9-15(14)16/h6,8,10,13,18H,2-5,7,9,11-12H2,1H3/t13-/m1/s1. The van der Waals surface area contributed by atoms with E-state index in [2.05, 4.69) is 23.5 Å². The summed E-state index contributed by atoms with van der Waals surface area (Å²) in [6, 6.07) is 6.34. The van der Waals surface area contributed by atoms with Crippen molar-refractivity contribution in [2.45, 2.75) is 51.5 Å². The van der Waals surface area contributed by atoms with E-state index in [0.717, 1.165) is 32.4 Å². The Bertz CT molecular complexity index is 492. The Labute approximate surface area is 121 Å². The number of carbonyl (C=O) groups excluding carboxylic acids is 1. The molecule has 0 bridgehead atoms. The molecule has 1 fully saturated rings. The Hall–Kier alpha value is -1.51. The molecule has 3 rings (SSSR count). The minimum atomic E-state index is -0.124. The smallest absolute Gasteiger partial charge is 0.244 e. The lowest BCUT2D eigenvalue weighted by atomic mass is 9.90. The van der Waals surface area contributed by atoms with Crippen molar-refractivity contribution in [3.8, 4) is 0 Å². The zero-order chi connectivity index (χ0) is 13.9. The van der Waals surface area contributed by atoms with Crippen LogP contribution in [-0.4, -0.2) is 29.9 Å². The topological polar surface area (TPSA) is 32.3 Å². The van der Waals surface area contributed by atoms with Crippen molar-refractivity contribution < 1.29 is 4.79 Å². The Morgan fingerprint density at radius 2 is 1.90 bits per heavy atom. The fourth-order valence-electron chi connectivity index (χ4n) is 3.42. The van der Waals surface area contributed by atoms with E-state index in [1.54, 1.807) is 0 Å². The maximum atomic E-state index is 12.4. The molecule has 1 aromatic carbocycles. The summed E-state index contributed by atoms with van der Waals surface area (Å²) in [5.41, 5.74) is 4.06. The van der Waals surface area contributed by atoms with E-state index in [9.17, 15) is 4.79 Å². The molecular formula is C17H24N2O. The Balaban J connectivity index is 1.72. The summed E-state index contributed by atoms with van der Waals surface area (Å²) >= 11 is 0. The van der Waals surface area contributed by atoms with E-state index in [4.69, 9.17) is 0 Å². The number of amides is 1. The molecule has 0 aromatic heterocycles. The summed E-state index contributed by atoms with van der Waals surface area (Å²) in [5, 5.41) is 3.46. The molecule has 0 unspecified atom stereocenters. The summed E-state index contributed by atoms with van der Waals surface area (Å²) in [6.45, 7) is 3.85. The predicted molar refractivity (Wildman–Crippen MR) is 82.0 cm³/mol. The van der Waals surface area contributed by atoms with Crippen molar-refractivity contribution in [3.05, 3.63) is 29.3 Å². The molecule has 1 aliphatic heterocycles. The van der Waals surface area contributed by atoms with Gasteiger partial charge in [-0.3, -0.25) is 4.79 Å². The van der Waals surface area contributed by atoms with Crippen LogP contribution in [-0.2, 0) is 17.6 Å². The molecule has 1 aromatic rings. The number of likely N-dealkylation sites (tertiary alicyclic amines) is 1. The van der Waals surface area contributed by atoms with Crippen LogP contribution in [0.1, 0.15) is 43.7 Å². The number of aryl methyl sites for hydroxylation is 1. The fourth-order valence-corrected chi connectivity index (χ4v) is 3.42. The molecule has 1 N–H and O–H groups in total. The SMILES string of the molecule is C[C@@H](Nc1cccc2c1CCCC2)C(=O)N1CCCC1. The van der Waals surface area contributed by atoms with E-state index in [1.807, 2.05) is 11.8 Å². The molecule has 1 amide bonds. The van der Waals surface area contributed by atoms with Crippen molar-refractivity contribution in [3.63, 3.8) is 0 Å². The second-order valence-electron chi connectivity index (χ2n) is 6.05. The number of hydrogen-bond donors (Lipinski definition) is 1. The van der Waals surface area contributed by atoms with Gasteiger partial charge in [-0.05, 0) is 62.6 Å². The maximum absolute atomic E-state index is 12.4. The first kappa shape index (κ1) is 13.5. The van der Waals surface area contributed by atoms with Gasteiger partial charge in [0.25, 0.3) is 0 Å². The van der Waals surface area contributed by atoms with Gasteiger partial charge < -0.3 is 10.2 Å².